The van der Waals surface area contributed by atoms with Crippen LogP contribution in [0, 0.1) is 0 Å². The predicted octanol–water partition coefficient (Wildman–Crippen LogP) is 17.3. The van der Waals surface area contributed by atoms with Gasteiger partial charge in [0.2, 0.25) is 0 Å². The van der Waals surface area contributed by atoms with E-state index in [0.29, 0.717) is 0 Å². The fourth-order valence-electron chi connectivity index (χ4n) is 12.8. The first-order chi connectivity index (χ1) is 34.3. The molecule has 12 aromatic carbocycles. The fourth-order valence-corrected chi connectivity index (χ4v) is 12.8. The summed E-state index contributed by atoms with van der Waals surface area (Å²) in [5, 5.41) is 7.52. The van der Waals surface area contributed by atoms with Crippen LogP contribution in [0.3, 0.4) is 0 Å². The topological polar surface area (TPSA) is 3.24 Å². The summed E-state index contributed by atoms with van der Waals surface area (Å²) in [4.78, 5) is 2.62. The van der Waals surface area contributed by atoms with Gasteiger partial charge in [-0.15, -0.1) is 0 Å². The van der Waals surface area contributed by atoms with E-state index in [2.05, 4.69) is 278 Å². The lowest BCUT2D eigenvalue weighted by Crippen LogP contribution is -2.30. The summed E-state index contributed by atoms with van der Waals surface area (Å²) in [7, 11) is 0. The lowest BCUT2D eigenvalue weighted by molar-refractivity contribution is 0.766. The summed E-state index contributed by atoms with van der Waals surface area (Å²) in [6.07, 6.45) is 0. The van der Waals surface area contributed by atoms with Crippen LogP contribution in [-0.4, -0.2) is 0 Å². The van der Waals surface area contributed by atoms with E-state index in [1.54, 1.807) is 0 Å². The highest BCUT2D eigenvalue weighted by atomic mass is 15.2. The first-order valence-corrected chi connectivity index (χ1v) is 24.1. The van der Waals surface area contributed by atoms with Gasteiger partial charge in [-0.3, -0.25) is 0 Å². The van der Waals surface area contributed by atoms with Gasteiger partial charge in [-0.1, -0.05) is 249 Å². The molecule has 0 spiro atoms. The lowest BCUT2D eigenvalue weighted by atomic mass is 9.67. The van der Waals surface area contributed by atoms with E-state index >= 15 is 0 Å². The third-order valence-electron chi connectivity index (χ3n) is 15.4. The molecule has 0 N–H and O–H groups in total. The number of anilines is 3. The minimum atomic E-state index is -0.642. The van der Waals surface area contributed by atoms with Gasteiger partial charge in [0, 0.05) is 16.8 Å². The highest BCUT2D eigenvalue weighted by molar-refractivity contribution is 6.26. The summed E-state index contributed by atoms with van der Waals surface area (Å²) < 4.78 is 0. The molecule has 1 heteroatoms. The minimum Gasteiger partial charge on any atom is -0.309 e. The molecule has 14 rings (SSSR count). The van der Waals surface area contributed by atoms with Gasteiger partial charge in [0.25, 0.3) is 0 Å². The van der Waals surface area contributed by atoms with E-state index < -0.39 is 10.8 Å². The summed E-state index contributed by atoms with van der Waals surface area (Å²) in [5.74, 6) is 0. The van der Waals surface area contributed by atoms with E-state index in [1.165, 1.54) is 99.1 Å². The van der Waals surface area contributed by atoms with E-state index in [-0.39, 0.29) is 0 Å². The van der Waals surface area contributed by atoms with Crippen LogP contribution in [0.5, 0.6) is 0 Å². The van der Waals surface area contributed by atoms with Gasteiger partial charge in [-0.25, -0.2) is 0 Å². The first kappa shape index (κ1) is 39.4. The number of hydrogen-bond acceptors (Lipinski definition) is 1. The largest absolute Gasteiger partial charge is 0.309 e. The molecule has 2 aliphatic carbocycles. The molecule has 0 fully saturated rings. The van der Waals surface area contributed by atoms with Crippen LogP contribution in [0.2, 0.25) is 0 Å². The molecule has 69 heavy (non-hydrogen) atoms. The number of fused-ring (bicyclic) bond motifs is 12. The second-order valence-electron chi connectivity index (χ2n) is 18.6. The van der Waals surface area contributed by atoms with Gasteiger partial charge in [0.05, 0.1) is 22.2 Å². The summed E-state index contributed by atoms with van der Waals surface area (Å²) in [6.45, 7) is 0. The van der Waals surface area contributed by atoms with Gasteiger partial charge in [-0.05, 0) is 112 Å². The van der Waals surface area contributed by atoms with Crippen molar-refractivity contribution in [3.63, 3.8) is 0 Å². The Hall–Kier alpha value is -8.78. The maximum Gasteiger partial charge on any atom is 0.0734 e. The Balaban J connectivity index is 1.15. The molecular formula is C68H45N. The molecule has 1 nitrogen and oxygen atoms in total. The Kier molecular flexibility index (Phi) is 8.78. The first-order valence-electron chi connectivity index (χ1n) is 24.1. The van der Waals surface area contributed by atoms with Crippen molar-refractivity contribution in [2.24, 2.45) is 0 Å². The number of hydrogen-bond donors (Lipinski definition) is 0. The molecule has 2 aliphatic rings. The molecule has 0 radical (unpaired) electrons. The van der Waals surface area contributed by atoms with Crippen molar-refractivity contribution in [1.82, 2.24) is 0 Å². The average molecular weight is 876 g/mol. The molecular weight excluding hydrogens is 831 g/mol. The zero-order valence-electron chi connectivity index (χ0n) is 37.9. The summed E-state index contributed by atoms with van der Waals surface area (Å²) in [6, 6.07) is 102. The van der Waals surface area contributed by atoms with E-state index in [1.807, 2.05) is 0 Å². The van der Waals surface area contributed by atoms with Crippen molar-refractivity contribution in [3.05, 3.63) is 317 Å². The minimum absolute atomic E-state index is 0.568. The molecule has 0 saturated carbocycles. The highest BCUT2D eigenvalue weighted by Crippen LogP contribution is 2.63. The van der Waals surface area contributed by atoms with Gasteiger partial charge in [0.1, 0.15) is 0 Å². The van der Waals surface area contributed by atoms with E-state index in [0.717, 1.165) is 17.1 Å². The summed E-state index contributed by atoms with van der Waals surface area (Å²) in [5.41, 5.74) is 17.2. The van der Waals surface area contributed by atoms with Crippen molar-refractivity contribution >= 4 is 49.4 Å². The number of benzene rings is 12. The Morgan fingerprint density at radius 3 is 1.20 bits per heavy atom. The van der Waals surface area contributed by atoms with E-state index in [4.69, 9.17) is 0 Å². The van der Waals surface area contributed by atoms with Crippen molar-refractivity contribution in [2.75, 3.05) is 4.90 Å². The number of rotatable bonds is 7. The van der Waals surface area contributed by atoms with Crippen LogP contribution in [0.1, 0.15) is 44.5 Å². The smallest absolute Gasteiger partial charge is 0.0734 e. The van der Waals surface area contributed by atoms with E-state index in [9.17, 15) is 0 Å². The molecule has 0 bridgehead atoms. The zero-order valence-corrected chi connectivity index (χ0v) is 37.9. The molecule has 0 unspecified atom stereocenters. The molecule has 0 aromatic heterocycles. The van der Waals surface area contributed by atoms with Crippen LogP contribution in [-0.2, 0) is 10.8 Å². The Bertz CT molecular complexity index is 3830. The van der Waals surface area contributed by atoms with Crippen molar-refractivity contribution in [1.29, 1.82) is 0 Å². The third-order valence-corrected chi connectivity index (χ3v) is 15.4. The molecule has 0 atom stereocenters. The maximum atomic E-state index is 2.62. The molecule has 12 aromatic rings. The maximum absolute atomic E-state index is 2.62. The van der Waals surface area contributed by atoms with Crippen LogP contribution < -0.4 is 4.90 Å². The fraction of sp³-hybridized carbons (Fsp3) is 0.0294. The zero-order chi connectivity index (χ0) is 45.5. The van der Waals surface area contributed by atoms with Crippen LogP contribution in [0.4, 0.5) is 17.1 Å². The average Bonchev–Trinajstić information content (AvgIpc) is 3.92. The lowest BCUT2D eigenvalue weighted by Gasteiger charge is -2.38. The normalized spacial score (nSPS) is 13.7. The van der Waals surface area contributed by atoms with Crippen molar-refractivity contribution < 1.29 is 0 Å². The van der Waals surface area contributed by atoms with Gasteiger partial charge < -0.3 is 4.90 Å². The highest BCUT2D eigenvalue weighted by Gasteiger charge is 2.50. The second kappa shape index (κ2) is 15.4. The standard InChI is InChI=1S/C68H45N/c1-5-23-46(24-6-1)67(47-25-7-2-8-26-47)61-39-20-18-36-58(61)65-62(67)40-22-41-63(65)69(50-43-44-55-53-33-14-13-31-51(53)52-32-15-16-34-54(52)59(55)45-50)64-42-21-37-57-56-35-17-19-38-60(56)68(66(57)64,48-27-9-3-10-28-48)49-29-11-4-12-30-49/h1-45H. The Morgan fingerprint density at radius 1 is 0.246 bits per heavy atom. The Labute approximate surface area is 402 Å². The van der Waals surface area contributed by atoms with Gasteiger partial charge in [0.15, 0.2) is 0 Å². The number of nitrogens with zero attached hydrogens (tertiary/aromatic N) is 1. The van der Waals surface area contributed by atoms with Gasteiger partial charge in [-0.2, -0.15) is 0 Å². The quantitative estimate of drug-likeness (QED) is 0.144. The molecule has 0 amide bonds. The SMILES string of the molecule is c1ccc(C2(c3ccccc3)c3ccccc3-c3c(N(c4ccc5c6ccccc6c6ccccc6c5c4)c4cccc5c4C(c4ccccc4)(c4ccccc4)c4ccccc4-5)cccc32)cc1. The molecule has 0 aliphatic heterocycles. The Morgan fingerprint density at radius 2 is 0.638 bits per heavy atom. The van der Waals surface area contributed by atoms with Crippen LogP contribution in [0.25, 0.3) is 54.6 Å². The van der Waals surface area contributed by atoms with Crippen LogP contribution >= 0.6 is 0 Å². The van der Waals surface area contributed by atoms with Crippen molar-refractivity contribution in [2.45, 2.75) is 10.8 Å². The molecule has 322 valence electrons. The second-order valence-corrected chi connectivity index (χ2v) is 18.6. The van der Waals surface area contributed by atoms with Crippen molar-refractivity contribution in [3.8, 4) is 22.3 Å². The third kappa shape index (κ3) is 5.47. The van der Waals surface area contributed by atoms with Crippen LogP contribution in [0.15, 0.2) is 273 Å². The molecule has 0 saturated heterocycles. The summed E-state index contributed by atoms with van der Waals surface area (Å²) >= 11 is 0. The monoisotopic (exact) mass is 875 g/mol. The van der Waals surface area contributed by atoms with Gasteiger partial charge >= 0.3 is 0 Å². The molecule has 0 heterocycles. The predicted molar refractivity (Wildman–Crippen MR) is 288 cm³/mol.